The Labute approximate surface area is 281 Å². The summed E-state index contributed by atoms with van der Waals surface area (Å²) in [6, 6.07) is 9.89. The monoisotopic (exact) mass is 732 g/mol. The van der Waals surface area contributed by atoms with Crippen LogP contribution in [-0.2, 0) is 12.8 Å². The van der Waals surface area contributed by atoms with Crippen molar-refractivity contribution in [2.75, 3.05) is 0 Å². The first-order valence-corrected chi connectivity index (χ1v) is 20.6. The Kier molecular flexibility index (Phi) is 15.7. The minimum atomic E-state index is 1.19. The van der Waals surface area contributed by atoms with Gasteiger partial charge < -0.3 is 0 Å². The van der Waals surface area contributed by atoms with E-state index in [4.69, 9.17) is 0 Å². The normalized spacial score (nSPS) is 12.0. The summed E-state index contributed by atoms with van der Waals surface area (Å²) in [5.41, 5.74) is 3.10. The quantitative estimate of drug-likeness (QED) is 0.0706. The summed E-state index contributed by atoms with van der Waals surface area (Å²) in [4.78, 5) is 0. The summed E-state index contributed by atoms with van der Waals surface area (Å²) < 4.78 is 5.49. The lowest BCUT2D eigenvalue weighted by atomic mass is 9.94. The van der Waals surface area contributed by atoms with Crippen molar-refractivity contribution >= 4 is 85.5 Å². The molecule has 0 aliphatic rings. The zero-order valence-corrected chi connectivity index (χ0v) is 31.2. The topological polar surface area (TPSA) is 0 Å². The van der Waals surface area contributed by atoms with Crippen molar-refractivity contribution in [1.82, 2.24) is 0 Å². The van der Waals surface area contributed by atoms with Crippen LogP contribution >= 0.6 is 54.5 Å². The van der Waals surface area contributed by atoms with E-state index in [0.717, 1.165) is 0 Å². The van der Waals surface area contributed by atoms with Crippen molar-refractivity contribution in [1.29, 1.82) is 0 Å². The van der Waals surface area contributed by atoms with Gasteiger partial charge in [0.1, 0.15) is 0 Å². The number of aryl methyl sites for hydroxylation is 2. The van der Waals surface area contributed by atoms with Gasteiger partial charge in [-0.1, -0.05) is 129 Å². The highest BCUT2D eigenvalue weighted by Crippen LogP contribution is 2.44. The predicted molar refractivity (Wildman–Crippen MR) is 201 cm³/mol. The highest BCUT2D eigenvalue weighted by Gasteiger charge is 2.16. The Morgan fingerprint density at radius 3 is 1.05 bits per heavy atom. The fourth-order valence-corrected chi connectivity index (χ4v) is 9.98. The Morgan fingerprint density at radius 1 is 0.405 bits per heavy atom. The minimum Gasteiger partial charge on any atom is -0.128 e. The molecule has 0 atom stereocenters. The molecule has 0 bridgehead atoms. The van der Waals surface area contributed by atoms with Gasteiger partial charge in [-0.15, -0.1) is 22.7 Å². The molecule has 0 aliphatic heterocycles. The maximum absolute atomic E-state index is 3.85. The zero-order chi connectivity index (χ0) is 29.6. The number of hydrogen-bond acceptors (Lipinski definition) is 2. The van der Waals surface area contributed by atoms with Crippen LogP contribution in [0.5, 0.6) is 0 Å². The molecule has 0 N–H and O–H groups in total. The van der Waals surface area contributed by atoms with Crippen molar-refractivity contribution in [3.05, 3.63) is 43.0 Å². The third-order valence-corrected chi connectivity index (χ3v) is 12.5. The van der Waals surface area contributed by atoms with E-state index < -0.39 is 0 Å². The molecular weight excluding hydrogens is 680 g/mol. The third kappa shape index (κ3) is 10.3. The van der Waals surface area contributed by atoms with Crippen LogP contribution in [0.1, 0.15) is 153 Å². The highest BCUT2D eigenvalue weighted by molar-refractivity contribution is 9.11. The van der Waals surface area contributed by atoms with Crippen LogP contribution in [0.2, 0.25) is 0 Å². The van der Waals surface area contributed by atoms with E-state index in [1.165, 1.54) is 180 Å². The number of fused-ring (bicyclic) bond motifs is 5. The van der Waals surface area contributed by atoms with Crippen molar-refractivity contribution in [3.63, 3.8) is 0 Å². The lowest BCUT2D eigenvalue weighted by molar-refractivity contribution is 0.556. The summed E-state index contributed by atoms with van der Waals surface area (Å²) >= 11 is 11.6. The lowest BCUT2D eigenvalue weighted by Gasteiger charge is -2.12. The van der Waals surface area contributed by atoms with E-state index in [0.29, 0.717) is 0 Å². The molecule has 0 amide bonds. The molecule has 0 unspecified atom stereocenters. The van der Waals surface area contributed by atoms with Crippen LogP contribution in [-0.4, -0.2) is 0 Å². The number of rotatable bonds is 22. The zero-order valence-electron chi connectivity index (χ0n) is 26.4. The largest absolute Gasteiger partial charge is 0.128 e. The summed E-state index contributed by atoms with van der Waals surface area (Å²) in [6.07, 6.45) is 30.3. The molecule has 232 valence electrons. The van der Waals surface area contributed by atoms with Gasteiger partial charge in [0.25, 0.3) is 0 Å². The molecule has 0 radical (unpaired) electrons. The van der Waals surface area contributed by atoms with Crippen molar-refractivity contribution in [3.8, 4) is 0 Å². The predicted octanol–water partition coefficient (Wildman–Crippen LogP) is 15.7. The van der Waals surface area contributed by atoms with Crippen LogP contribution in [0.15, 0.2) is 31.8 Å². The average molecular weight is 735 g/mol. The molecule has 42 heavy (non-hydrogen) atoms. The number of unbranched alkanes of at least 4 members (excludes halogenated alkanes) is 18. The maximum atomic E-state index is 3.85. The number of hydrogen-bond donors (Lipinski definition) is 0. The molecule has 0 spiro atoms. The van der Waals surface area contributed by atoms with Gasteiger partial charge in [0.15, 0.2) is 0 Å². The summed E-state index contributed by atoms with van der Waals surface area (Å²) in [6.45, 7) is 4.61. The molecular formula is C38H54Br2S2. The molecule has 4 heteroatoms. The van der Waals surface area contributed by atoms with Crippen LogP contribution in [0.3, 0.4) is 0 Å². The molecule has 2 aromatic heterocycles. The van der Waals surface area contributed by atoms with Gasteiger partial charge in [-0.2, -0.15) is 0 Å². The summed E-state index contributed by atoms with van der Waals surface area (Å²) in [5, 5.41) is 5.90. The van der Waals surface area contributed by atoms with E-state index >= 15 is 0 Å². The van der Waals surface area contributed by atoms with Crippen LogP contribution in [0.4, 0.5) is 0 Å². The van der Waals surface area contributed by atoms with E-state index in [9.17, 15) is 0 Å². The van der Waals surface area contributed by atoms with E-state index in [2.05, 4.69) is 70.0 Å². The molecule has 4 rings (SSSR count). The molecule has 0 fully saturated rings. The van der Waals surface area contributed by atoms with Crippen molar-refractivity contribution in [2.45, 2.75) is 155 Å². The van der Waals surface area contributed by atoms with E-state index in [1.807, 2.05) is 22.7 Å². The Bertz CT molecular complexity index is 1240. The first-order valence-electron chi connectivity index (χ1n) is 17.4. The molecule has 0 nitrogen and oxygen atoms in total. The number of thiophene rings is 2. The molecule has 2 aromatic carbocycles. The van der Waals surface area contributed by atoms with Crippen LogP contribution in [0.25, 0.3) is 30.9 Å². The van der Waals surface area contributed by atoms with Gasteiger partial charge in [0.05, 0.1) is 7.57 Å². The Hall–Kier alpha value is -0.420. The van der Waals surface area contributed by atoms with Crippen LogP contribution in [0, 0.1) is 0 Å². The summed E-state index contributed by atoms with van der Waals surface area (Å²) in [7, 11) is 0. The van der Waals surface area contributed by atoms with E-state index in [-0.39, 0.29) is 0 Å². The standard InChI is InChI=1S/C38H54Br2S2/c1-3-5-7-9-11-13-15-17-19-21-23-29-25-33-34(37-31(29)27-35(39)41-37)26-30(32-28-36(40)42-38(32)33)24-22-20-18-16-14-12-10-8-6-4-2/h25-28H,3-24H2,1-2H3. The second-order valence-corrected chi connectivity index (χ2v) is 17.5. The van der Waals surface area contributed by atoms with Crippen LogP contribution < -0.4 is 0 Å². The Morgan fingerprint density at radius 2 is 0.714 bits per heavy atom. The average Bonchev–Trinajstić information content (AvgIpc) is 3.57. The van der Waals surface area contributed by atoms with E-state index in [1.54, 1.807) is 11.1 Å². The Balaban J connectivity index is 1.38. The number of benzene rings is 2. The first kappa shape index (κ1) is 34.5. The van der Waals surface area contributed by atoms with Crippen molar-refractivity contribution in [2.24, 2.45) is 0 Å². The summed E-state index contributed by atoms with van der Waals surface area (Å²) in [5.74, 6) is 0. The van der Waals surface area contributed by atoms with Gasteiger partial charge >= 0.3 is 0 Å². The lowest BCUT2D eigenvalue weighted by Crippen LogP contribution is -1.92. The molecule has 4 aromatic rings. The van der Waals surface area contributed by atoms with Gasteiger partial charge in [-0.3, -0.25) is 0 Å². The molecule has 0 saturated heterocycles. The van der Waals surface area contributed by atoms with Gasteiger partial charge in [0, 0.05) is 20.2 Å². The van der Waals surface area contributed by atoms with Crippen molar-refractivity contribution < 1.29 is 0 Å². The van der Waals surface area contributed by atoms with Gasteiger partial charge in [-0.05, 0) is 104 Å². The third-order valence-electron chi connectivity index (χ3n) is 9.11. The fourth-order valence-electron chi connectivity index (χ4n) is 6.65. The first-order chi connectivity index (χ1) is 20.6. The molecule has 0 saturated carbocycles. The van der Waals surface area contributed by atoms with Gasteiger partial charge in [-0.25, -0.2) is 0 Å². The molecule has 2 heterocycles. The second-order valence-electron chi connectivity index (χ2n) is 12.6. The highest BCUT2D eigenvalue weighted by atomic mass is 79.9. The maximum Gasteiger partial charge on any atom is 0.0711 e. The SMILES string of the molecule is CCCCCCCCCCCCc1cc2c(cc(CCCCCCCCCCCC)c3cc(Br)sc32)c2sc(Br)cc12. The fraction of sp³-hybridized carbons (Fsp3) is 0.632. The van der Waals surface area contributed by atoms with Gasteiger partial charge in [0.2, 0.25) is 0 Å². The number of halogens is 2. The smallest absolute Gasteiger partial charge is 0.0711 e. The molecule has 0 aliphatic carbocycles. The second kappa shape index (κ2) is 19.2. The minimum absolute atomic E-state index is 1.19.